The summed E-state index contributed by atoms with van der Waals surface area (Å²) in [5.41, 5.74) is 6.79. The Morgan fingerprint density at radius 3 is 2.90 bits per heavy atom. The van der Waals surface area contributed by atoms with Gasteiger partial charge in [-0.15, -0.1) is 0 Å². The number of methoxy groups -OCH3 is 1. The molecule has 30 heavy (non-hydrogen) atoms. The first-order valence-electron chi connectivity index (χ1n) is 9.45. The molecule has 3 N–H and O–H groups in total. The lowest BCUT2D eigenvalue weighted by Crippen LogP contribution is -2.37. The van der Waals surface area contributed by atoms with Crippen LogP contribution >= 0.6 is 23.4 Å². The highest BCUT2D eigenvalue weighted by Crippen LogP contribution is 2.66. The Morgan fingerprint density at radius 1 is 1.47 bits per heavy atom. The maximum Gasteiger partial charge on any atom is 0.274 e. The maximum atomic E-state index is 15.3. The molecule has 0 spiro atoms. The molecule has 4 rings (SSSR count). The maximum absolute atomic E-state index is 15.3. The Balaban J connectivity index is 1.69. The third-order valence-corrected chi connectivity index (χ3v) is 7.26. The Hall–Kier alpha value is -2.16. The number of carbonyl (C=O) groups is 1. The van der Waals surface area contributed by atoms with Gasteiger partial charge < -0.3 is 15.8 Å². The van der Waals surface area contributed by atoms with Crippen LogP contribution in [-0.2, 0) is 10.3 Å². The molecule has 2 aliphatic rings. The lowest BCUT2D eigenvalue weighted by atomic mass is 9.84. The van der Waals surface area contributed by atoms with Crippen molar-refractivity contribution in [2.75, 3.05) is 19.0 Å². The van der Waals surface area contributed by atoms with E-state index in [4.69, 9.17) is 22.1 Å². The van der Waals surface area contributed by atoms with Crippen LogP contribution in [0.2, 0.25) is 5.02 Å². The molecule has 0 saturated heterocycles. The quantitative estimate of drug-likeness (QED) is 0.718. The van der Waals surface area contributed by atoms with Crippen molar-refractivity contribution >= 4 is 40.1 Å². The van der Waals surface area contributed by atoms with E-state index in [1.54, 1.807) is 32.2 Å². The van der Waals surface area contributed by atoms with Gasteiger partial charge in [0.15, 0.2) is 5.17 Å². The number of amides is 1. The molecule has 2 heterocycles. The summed E-state index contributed by atoms with van der Waals surface area (Å²) in [6, 6.07) is 6.35. The van der Waals surface area contributed by atoms with Crippen molar-refractivity contribution in [3.05, 3.63) is 58.1 Å². The molecule has 2 aromatic rings. The van der Waals surface area contributed by atoms with Crippen LogP contribution in [0.15, 0.2) is 35.5 Å². The van der Waals surface area contributed by atoms with Crippen LogP contribution in [0, 0.1) is 18.7 Å². The highest BCUT2D eigenvalue weighted by atomic mass is 35.5. The van der Waals surface area contributed by atoms with Crippen LogP contribution in [0.1, 0.15) is 35.0 Å². The largest absolute Gasteiger partial charge is 0.383 e. The SMILES string of the molecule is COC[C@]12C[C@H]1[C@](C)(c1cc(NC(=O)c3ccc(Cl)cn3)cc(C)c1F)N=C(N)S2. The van der Waals surface area contributed by atoms with Crippen molar-refractivity contribution in [1.29, 1.82) is 0 Å². The summed E-state index contributed by atoms with van der Waals surface area (Å²) >= 11 is 7.33. The number of carbonyl (C=O) groups excluding carboxylic acids is 1. The zero-order valence-corrected chi connectivity index (χ0v) is 18.4. The summed E-state index contributed by atoms with van der Waals surface area (Å²) in [5, 5.41) is 3.65. The van der Waals surface area contributed by atoms with Crippen LogP contribution in [-0.4, -0.2) is 34.5 Å². The van der Waals surface area contributed by atoms with E-state index in [0.717, 1.165) is 6.42 Å². The highest BCUT2D eigenvalue weighted by molar-refractivity contribution is 8.15. The number of amidine groups is 1. The van der Waals surface area contributed by atoms with Crippen molar-refractivity contribution in [1.82, 2.24) is 4.98 Å². The van der Waals surface area contributed by atoms with Gasteiger partial charge in [-0.05, 0) is 50.1 Å². The Morgan fingerprint density at radius 2 is 2.23 bits per heavy atom. The van der Waals surface area contributed by atoms with Gasteiger partial charge >= 0.3 is 0 Å². The zero-order chi connectivity index (χ0) is 21.7. The van der Waals surface area contributed by atoms with Gasteiger partial charge in [0, 0.05) is 30.5 Å². The summed E-state index contributed by atoms with van der Waals surface area (Å²) in [5.74, 6) is -0.669. The number of ether oxygens (including phenoxy) is 1. The van der Waals surface area contributed by atoms with Gasteiger partial charge in [0.05, 0.1) is 21.9 Å². The van der Waals surface area contributed by atoms with Gasteiger partial charge in [0.1, 0.15) is 11.5 Å². The summed E-state index contributed by atoms with van der Waals surface area (Å²) in [7, 11) is 1.65. The number of anilines is 1. The molecule has 0 bridgehead atoms. The van der Waals surface area contributed by atoms with Crippen LogP contribution in [0.4, 0.5) is 10.1 Å². The van der Waals surface area contributed by atoms with E-state index in [1.165, 1.54) is 24.0 Å². The molecular weight excluding hydrogens is 427 g/mol. The number of thioether (sulfide) groups is 1. The van der Waals surface area contributed by atoms with E-state index in [-0.39, 0.29) is 22.2 Å². The minimum atomic E-state index is -0.845. The number of nitrogens with two attached hydrogens (primary N) is 1. The van der Waals surface area contributed by atoms with E-state index < -0.39 is 11.4 Å². The van der Waals surface area contributed by atoms with Crippen LogP contribution < -0.4 is 11.1 Å². The minimum absolute atomic E-state index is 0.0834. The smallest absolute Gasteiger partial charge is 0.274 e. The number of nitrogens with one attached hydrogen (secondary N) is 1. The number of hydrogen-bond donors (Lipinski definition) is 2. The van der Waals surface area contributed by atoms with Gasteiger partial charge in [-0.25, -0.2) is 9.37 Å². The summed E-state index contributed by atoms with van der Waals surface area (Å²) in [4.78, 5) is 21.2. The van der Waals surface area contributed by atoms with Gasteiger partial charge in [-0.2, -0.15) is 0 Å². The monoisotopic (exact) mass is 448 g/mol. The number of fused-ring (bicyclic) bond motifs is 1. The molecular formula is C21H22ClFN4O2S. The van der Waals surface area contributed by atoms with Gasteiger partial charge in [-0.1, -0.05) is 23.4 Å². The van der Waals surface area contributed by atoms with Gasteiger partial charge in [0.25, 0.3) is 5.91 Å². The van der Waals surface area contributed by atoms with E-state index >= 15 is 4.39 Å². The van der Waals surface area contributed by atoms with Crippen LogP contribution in [0.3, 0.4) is 0 Å². The predicted molar refractivity (Wildman–Crippen MR) is 118 cm³/mol. The fraction of sp³-hybridized carbons (Fsp3) is 0.381. The number of aromatic nitrogens is 1. The summed E-state index contributed by atoms with van der Waals surface area (Å²) < 4.78 is 20.5. The predicted octanol–water partition coefficient (Wildman–Crippen LogP) is 4.12. The van der Waals surface area contributed by atoms with E-state index in [9.17, 15) is 4.79 Å². The minimum Gasteiger partial charge on any atom is -0.383 e. The topological polar surface area (TPSA) is 89.6 Å². The van der Waals surface area contributed by atoms with Gasteiger partial charge in [0.2, 0.25) is 0 Å². The van der Waals surface area contributed by atoms with Crippen molar-refractivity contribution in [2.45, 2.75) is 30.6 Å². The molecule has 1 aromatic heterocycles. The Kier molecular flexibility index (Phi) is 5.28. The molecule has 1 saturated carbocycles. The number of nitrogens with zero attached hydrogens (tertiary/aromatic N) is 2. The van der Waals surface area contributed by atoms with Crippen LogP contribution in [0.5, 0.6) is 0 Å². The normalized spacial score (nSPS) is 27.2. The van der Waals surface area contributed by atoms with E-state index in [0.29, 0.717) is 33.6 Å². The molecule has 158 valence electrons. The van der Waals surface area contributed by atoms with Crippen molar-refractivity contribution in [3.63, 3.8) is 0 Å². The fourth-order valence-corrected chi connectivity index (χ4v) is 5.81. The van der Waals surface area contributed by atoms with Crippen molar-refractivity contribution in [2.24, 2.45) is 16.6 Å². The molecule has 1 aliphatic heterocycles. The Labute approximate surface area is 183 Å². The first-order valence-corrected chi connectivity index (χ1v) is 10.6. The molecule has 1 aliphatic carbocycles. The van der Waals surface area contributed by atoms with E-state index in [1.807, 2.05) is 6.92 Å². The van der Waals surface area contributed by atoms with Crippen molar-refractivity contribution < 1.29 is 13.9 Å². The first-order chi connectivity index (χ1) is 14.2. The third kappa shape index (κ3) is 3.57. The van der Waals surface area contributed by atoms with Gasteiger partial charge in [-0.3, -0.25) is 9.79 Å². The summed E-state index contributed by atoms with van der Waals surface area (Å²) in [6.45, 7) is 4.08. The van der Waals surface area contributed by atoms with Crippen LogP contribution in [0.25, 0.3) is 0 Å². The average molecular weight is 449 g/mol. The molecule has 0 radical (unpaired) electrons. The number of pyridine rings is 1. The number of rotatable bonds is 5. The highest BCUT2D eigenvalue weighted by Gasteiger charge is 2.66. The number of aliphatic imine (C=N–C) groups is 1. The molecule has 1 fully saturated rings. The standard InChI is InChI=1S/C21H22ClFN4O2S/c1-11-6-13(26-18(28)15-5-4-12(22)9-25-15)7-14(17(11)23)20(2)16-8-21(16,10-29-3)30-19(24)27-20/h4-7,9,16H,8,10H2,1-3H3,(H2,24,27)(H,26,28)/t16-,20-,21+/m0/s1. The molecule has 9 heteroatoms. The lowest BCUT2D eigenvalue weighted by Gasteiger charge is -2.34. The second kappa shape index (κ2) is 7.51. The average Bonchev–Trinajstić information content (AvgIpc) is 3.40. The second-order valence-electron chi connectivity index (χ2n) is 7.92. The third-order valence-electron chi connectivity index (χ3n) is 5.76. The fourth-order valence-electron chi connectivity index (χ4n) is 4.24. The second-order valence-corrected chi connectivity index (χ2v) is 9.80. The molecule has 6 nitrogen and oxygen atoms in total. The van der Waals surface area contributed by atoms with E-state index in [2.05, 4.69) is 15.3 Å². The Bertz CT molecular complexity index is 1050. The molecule has 1 amide bonds. The molecule has 1 aromatic carbocycles. The number of hydrogen-bond acceptors (Lipinski definition) is 6. The number of benzene rings is 1. The number of aryl methyl sites for hydroxylation is 1. The first kappa shape index (κ1) is 21.1. The lowest BCUT2D eigenvalue weighted by molar-refractivity contribution is 0.102. The molecule has 0 unspecified atom stereocenters. The summed E-state index contributed by atoms with van der Waals surface area (Å²) in [6.07, 6.45) is 2.23. The van der Waals surface area contributed by atoms with Crippen molar-refractivity contribution in [3.8, 4) is 0 Å². The number of halogens is 2. The molecule has 3 atom stereocenters. The zero-order valence-electron chi connectivity index (χ0n) is 16.8.